The molecule has 0 aliphatic rings. The number of carbonyl (C=O) groups is 2. The number of rotatable bonds is 34. The second kappa shape index (κ2) is 33.8. The standard InChI is InChI=1S/C41H76O4/c1-5-7-9-11-13-15-17-19-21-23-25-27-29-31-33-35-39(42)44-37-41(3,4)38-45-40(43)36-34-32-30-28-26-24-22-20-18-16-14-12-10-8-6-2/h19-22H,5-18,23-38H2,1-4H3/b21-19-,22-20?. The summed E-state index contributed by atoms with van der Waals surface area (Å²) in [5.41, 5.74) is -0.365. The van der Waals surface area contributed by atoms with E-state index in [4.69, 9.17) is 9.47 Å². The smallest absolute Gasteiger partial charge is 0.305 e. The van der Waals surface area contributed by atoms with E-state index in [0.29, 0.717) is 12.8 Å². The lowest BCUT2D eigenvalue weighted by Gasteiger charge is -2.23. The van der Waals surface area contributed by atoms with Crippen LogP contribution in [0.15, 0.2) is 24.3 Å². The summed E-state index contributed by atoms with van der Waals surface area (Å²) in [4.78, 5) is 24.4. The lowest BCUT2D eigenvalue weighted by molar-refractivity contribution is -0.152. The zero-order valence-corrected chi connectivity index (χ0v) is 30.7. The Labute approximate surface area is 281 Å². The average Bonchev–Trinajstić information content (AvgIpc) is 3.03. The molecule has 0 aromatic carbocycles. The van der Waals surface area contributed by atoms with Crippen molar-refractivity contribution >= 4 is 11.9 Å². The van der Waals surface area contributed by atoms with Crippen LogP contribution in [0, 0.1) is 5.41 Å². The van der Waals surface area contributed by atoms with Crippen LogP contribution in [0.3, 0.4) is 0 Å². The van der Waals surface area contributed by atoms with Gasteiger partial charge in [0.1, 0.15) is 0 Å². The van der Waals surface area contributed by atoms with Crippen LogP contribution in [-0.4, -0.2) is 25.2 Å². The van der Waals surface area contributed by atoms with E-state index in [1.54, 1.807) is 0 Å². The third-order valence-corrected chi connectivity index (χ3v) is 8.53. The SMILES string of the molecule is CCCCCCCCC=CCCCCCCCC(=O)OCC(C)(C)COC(=O)CCCCCCC/C=C\CCCCCCCC. The number of hydrogen-bond acceptors (Lipinski definition) is 4. The maximum atomic E-state index is 12.2. The van der Waals surface area contributed by atoms with Crippen LogP contribution in [-0.2, 0) is 19.1 Å². The topological polar surface area (TPSA) is 52.6 Å². The highest BCUT2D eigenvalue weighted by Gasteiger charge is 2.22. The van der Waals surface area contributed by atoms with E-state index in [1.165, 1.54) is 141 Å². The number of ether oxygens (including phenoxy) is 2. The fourth-order valence-corrected chi connectivity index (χ4v) is 5.42. The Bertz CT molecular complexity index is 650. The highest BCUT2D eigenvalue weighted by atomic mass is 16.5. The molecule has 0 amide bonds. The van der Waals surface area contributed by atoms with Gasteiger partial charge in [0.2, 0.25) is 0 Å². The molecule has 0 unspecified atom stereocenters. The molecule has 4 heteroatoms. The molecule has 0 N–H and O–H groups in total. The molecule has 0 aliphatic heterocycles. The van der Waals surface area contributed by atoms with Gasteiger partial charge in [0.15, 0.2) is 0 Å². The normalized spacial score (nSPS) is 12.0. The first-order valence-electron chi connectivity index (χ1n) is 19.5. The zero-order valence-electron chi connectivity index (χ0n) is 30.7. The lowest BCUT2D eigenvalue weighted by atomic mass is 9.96. The van der Waals surface area contributed by atoms with Gasteiger partial charge < -0.3 is 9.47 Å². The molecule has 0 spiro atoms. The first kappa shape index (κ1) is 43.4. The predicted molar refractivity (Wildman–Crippen MR) is 195 cm³/mol. The summed E-state index contributed by atoms with van der Waals surface area (Å²) in [6.45, 7) is 9.08. The number of carbonyl (C=O) groups excluding carboxylic acids is 2. The van der Waals surface area contributed by atoms with Gasteiger partial charge >= 0.3 is 11.9 Å². The van der Waals surface area contributed by atoms with Gasteiger partial charge in [-0.25, -0.2) is 0 Å². The Kier molecular flexibility index (Phi) is 32.6. The molecule has 0 aliphatic carbocycles. The molecule has 0 bridgehead atoms. The van der Waals surface area contributed by atoms with E-state index < -0.39 is 0 Å². The first-order valence-corrected chi connectivity index (χ1v) is 19.5. The fraction of sp³-hybridized carbons (Fsp3) is 0.854. The summed E-state index contributed by atoms with van der Waals surface area (Å²) < 4.78 is 11.0. The molecule has 45 heavy (non-hydrogen) atoms. The largest absolute Gasteiger partial charge is 0.465 e. The van der Waals surface area contributed by atoms with Crippen molar-refractivity contribution in [1.82, 2.24) is 0 Å². The summed E-state index contributed by atoms with van der Waals surface area (Å²) in [7, 11) is 0. The quantitative estimate of drug-likeness (QED) is 0.0402. The highest BCUT2D eigenvalue weighted by molar-refractivity contribution is 5.69. The molecular weight excluding hydrogens is 556 g/mol. The van der Waals surface area contributed by atoms with Crippen LogP contribution >= 0.6 is 0 Å². The van der Waals surface area contributed by atoms with E-state index in [0.717, 1.165) is 25.7 Å². The third kappa shape index (κ3) is 35.1. The second-order valence-electron chi connectivity index (χ2n) is 14.2. The third-order valence-electron chi connectivity index (χ3n) is 8.53. The van der Waals surface area contributed by atoms with E-state index >= 15 is 0 Å². The van der Waals surface area contributed by atoms with Gasteiger partial charge in [-0.15, -0.1) is 0 Å². The number of hydrogen-bond donors (Lipinski definition) is 0. The molecule has 0 atom stereocenters. The minimum Gasteiger partial charge on any atom is -0.465 e. The van der Waals surface area contributed by atoms with E-state index in [9.17, 15) is 9.59 Å². The average molecular weight is 633 g/mol. The molecule has 0 aromatic rings. The van der Waals surface area contributed by atoms with Crippen LogP contribution in [0.4, 0.5) is 0 Å². The van der Waals surface area contributed by atoms with Crippen molar-refractivity contribution in [1.29, 1.82) is 0 Å². The summed E-state index contributed by atoms with van der Waals surface area (Å²) >= 11 is 0. The number of unbranched alkanes of at least 4 members (excludes halogenated alkanes) is 22. The van der Waals surface area contributed by atoms with Gasteiger partial charge in [-0.2, -0.15) is 0 Å². The molecule has 0 radical (unpaired) electrons. The van der Waals surface area contributed by atoms with Crippen LogP contribution in [0.5, 0.6) is 0 Å². The minimum absolute atomic E-state index is 0.139. The Balaban J connectivity index is 3.58. The summed E-state index contributed by atoms with van der Waals surface area (Å²) in [6, 6.07) is 0. The van der Waals surface area contributed by atoms with Crippen molar-refractivity contribution < 1.29 is 19.1 Å². The van der Waals surface area contributed by atoms with Crippen molar-refractivity contribution in [2.75, 3.05) is 13.2 Å². The van der Waals surface area contributed by atoms with Crippen molar-refractivity contribution in [3.8, 4) is 0 Å². The summed E-state index contributed by atoms with van der Waals surface area (Å²) in [6.07, 6.45) is 42.8. The zero-order chi connectivity index (χ0) is 33.1. The number of allylic oxidation sites excluding steroid dienone is 4. The molecule has 0 aromatic heterocycles. The fourth-order valence-electron chi connectivity index (χ4n) is 5.42. The maximum absolute atomic E-state index is 12.2. The lowest BCUT2D eigenvalue weighted by Crippen LogP contribution is -2.28. The van der Waals surface area contributed by atoms with Gasteiger partial charge in [0, 0.05) is 18.3 Å². The molecule has 0 saturated heterocycles. The molecule has 0 fully saturated rings. The van der Waals surface area contributed by atoms with Gasteiger partial charge in [-0.3, -0.25) is 9.59 Å². The second-order valence-corrected chi connectivity index (χ2v) is 14.2. The molecule has 0 rings (SSSR count). The van der Waals surface area contributed by atoms with Gasteiger partial charge in [0.05, 0.1) is 13.2 Å². The Morgan fingerprint density at radius 1 is 0.422 bits per heavy atom. The highest BCUT2D eigenvalue weighted by Crippen LogP contribution is 2.18. The molecular formula is C41H76O4. The van der Waals surface area contributed by atoms with Crippen molar-refractivity contribution in [2.24, 2.45) is 5.41 Å². The van der Waals surface area contributed by atoms with Gasteiger partial charge in [-0.05, 0) is 64.2 Å². The van der Waals surface area contributed by atoms with E-state index in [1.807, 2.05) is 13.8 Å². The molecule has 0 heterocycles. The van der Waals surface area contributed by atoms with Crippen LogP contribution in [0.25, 0.3) is 0 Å². The van der Waals surface area contributed by atoms with Crippen LogP contribution in [0.2, 0.25) is 0 Å². The monoisotopic (exact) mass is 633 g/mol. The van der Waals surface area contributed by atoms with Crippen molar-refractivity contribution in [3.05, 3.63) is 24.3 Å². The Hall–Kier alpha value is -1.58. The molecule has 0 saturated carbocycles. The number of esters is 2. The Morgan fingerprint density at radius 3 is 1.00 bits per heavy atom. The van der Waals surface area contributed by atoms with Gasteiger partial charge in [-0.1, -0.05) is 155 Å². The minimum atomic E-state index is -0.365. The first-order chi connectivity index (χ1) is 21.9. The molecule has 264 valence electrons. The summed E-state index contributed by atoms with van der Waals surface area (Å²) in [5.74, 6) is -0.277. The predicted octanol–water partition coefficient (Wildman–Crippen LogP) is 13.2. The van der Waals surface area contributed by atoms with Crippen molar-refractivity contribution in [3.63, 3.8) is 0 Å². The maximum Gasteiger partial charge on any atom is 0.305 e. The van der Waals surface area contributed by atoms with Crippen LogP contribution < -0.4 is 0 Å². The van der Waals surface area contributed by atoms with Gasteiger partial charge in [0.25, 0.3) is 0 Å². The summed E-state index contributed by atoms with van der Waals surface area (Å²) in [5, 5.41) is 0. The molecule has 4 nitrogen and oxygen atoms in total. The van der Waals surface area contributed by atoms with Crippen LogP contribution in [0.1, 0.15) is 207 Å². The van der Waals surface area contributed by atoms with Crippen molar-refractivity contribution in [2.45, 2.75) is 207 Å². The van der Waals surface area contributed by atoms with E-state index in [2.05, 4.69) is 38.2 Å². The Morgan fingerprint density at radius 2 is 0.689 bits per heavy atom. The van der Waals surface area contributed by atoms with E-state index in [-0.39, 0.29) is 30.6 Å².